The van der Waals surface area contributed by atoms with Gasteiger partial charge in [0.2, 0.25) is 6.10 Å². The van der Waals surface area contributed by atoms with Gasteiger partial charge >= 0.3 is 12.4 Å². The number of halogens is 7. The summed E-state index contributed by atoms with van der Waals surface area (Å²) in [6.45, 7) is 4.02. The van der Waals surface area contributed by atoms with Gasteiger partial charge in [0, 0.05) is 4.43 Å². The van der Waals surface area contributed by atoms with Gasteiger partial charge in [0.05, 0.1) is 5.60 Å². The quantitative estimate of drug-likeness (QED) is 0.323. The fourth-order valence-corrected chi connectivity index (χ4v) is 3.63. The summed E-state index contributed by atoms with van der Waals surface area (Å²) in [6.07, 6.45) is -12.9. The smallest absolute Gasteiger partial charge is 0.353 e. The van der Waals surface area contributed by atoms with Gasteiger partial charge in [-0.15, -0.1) is 0 Å². The van der Waals surface area contributed by atoms with Crippen molar-refractivity contribution >= 4 is 22.6 Å². The third-order valence-corrected chi connectivity index (χ3v) is 5.48. The molecule has 1 aliphatic carbocycles. The number of ether oxygens (including phenoxy) is 1. The lowest BCUT2D eigenvalue weighted by molar-refractivity contribution is -0.345. The second kappa shape index (κ2) is 6.80. The van der Waals surface area contributed by atoms with Gasteiger partial charge in [-0.1, -0.05) is 36.4 Å². The van der Waals surface area contributed by atoms with Crippen LogP contribution in [0.5, 0.6) is 0 Å². The Labute approximate surface area is 133 Å². The molecule has 0 N–H and O–H groups in total. The first-order valence-electron chi connectivity index (χ1n) is 6.78. The molecule has 0 amide bonds. The van der Waals surface area contributed by atoms with Crippen LogP contribution in [0, 0.1) is 11.8 Å². The lowest BCUT2D eigenvalue weighted by atomic mass is 9.75. The highest BCUT2D eigenvalue weighted by molar-refractivity contribution is 14.1. The van der Waals surface area contributed by atoms with Gasteiger partial charge in [0.15, 0.2) is 0 Å². The van der Waals surface area contributed by atoms with Crippen LogP contribution in [-0.2, 0) is 4.74 Å². The van der Waals surface area contributed by atoms with Gasteiger partial charge in [0.1, 0.15) is 0 Å². The molecule has 0 radical (unpaired) electrons. The van der Waals surface area contributed by atoms with Gasteiger partial charge in [-0.25, -0.2) is 0 Å². The van der Waals surface area contributed by atoms with Crippen LogP contribution in [0.3, 0.4) is 0 Å². The zero-order chi connectivity index (χ0) is 16.5. The average molecular weight is 432 g/mol. The van der Waals surface area contributed by atoms with E-state index in [1.54, 1.807) is 0 Å². The molecule has 0 aliphatic heterocycles. The maximum absolute atomic E-state index is 12.6. The molecule has 0 heterocycles. The van der Waals surface area contributed by atoms with Gasteiger partial charge in [-0.3, -0.25) is 0 Å². The van der Waals surface area contributed by atoms with Crippen LogP contribution < -0.4 is 0 Å². The first-order chi connectivity index (χ1) is 9.41. The van der Waals surface area contributed by atoms with E-state index in [4.69, 9.17) is 0 Å². The Balaban J connectivity index is 2.86. The molecule has 0 spiro atoms. The lowest BCUT2D eigenvalue weighted by Gasteiger charge is -2.42. The predicted octanol–water partition coefficient (Wildman–Crippen LogP) is 5.52. The lowest BCUT2D eigenvalue weighted by Crippen LogP contribution is -2.52. The first kappa shape index (κ1) is 19.3. The second-order valence-electron chi connectivity index (χ2n) is 5.98. The van der Waals surface area contributed by atoms with Crippen molar-refractivity contribution in [3.63, 3.8) is 0 Å². The molecule has 0 aromatic heterocycles. The van der Waals surface area contributed by atoms with Crippen molar-refractivity contribution in [1.82, 2.24) is 0 Å². The van der Waals surface area contributed by atoms with Gasteiger partial charge in [0.25, 0.3) is 0 Å². The number of hydrogen-bond donors (Lipinski definition) is 0. The summed E-state index contributed by atoms with van der Waals surface area (Å²) in [4.78, 5) is 0. The van der Waals surface area contributed by atoms with E-state index in [-0.39, 0.29) is 17.3 Å². The highest BCUT2D eigenvalue weighted by atomic mass is 127. The topological polar surface area (TPSA) is 9.23 Å². The normalized spacial score (nSPS) is 28.4. The Morgan fingerprint density at radius 1 is 1.05 bits per heavy atom. The molecular weight excluding hydrogens is 413 g/mol. The molecule has 0 unspecified atom stereocenters. The fourth-order valence-electron chi connectivity index (χ4n) is 2.69. The van der Waals surface area contributed by atoms with Gasteiger partial charge in [-0.05, 0) is 37.5 Å². The minimum absolute atomic E-state index is 0.123. The monoisotopic (exact) mass is 432 g/mol. The van der Waals surface area contributed by atoms with Crippen molar-refractivity contribution in [2.45, 2.75) is 63.6 Å². The van der Waals surface area contributed by atoms with Crippen LogP contribution in [0.15, 0.2) is 0 Å². The van der Waals surface area contributed by atoms with Crippen molar-refractivity contribution in [2.75, 3.05) is 4.43 Å². The zero-order valence-electron chi connectivity index (χ0n) is 11.8. The average Bonchev–Trinajstić information content (AvgIpc) is 2.33. The molecule has 0 bridgehead atoms. The molecule has 1 rings (SSSR count). The van der Waals surface area contributed by atoms with Crippen LogP contribution in [0.1, 0.15) is 39.5 Å². The zero-order valence-corrected chi connectivity index (χ0v) is 14.0. The highest BCUT2D eigenvalue weighted by Crippen LogP contribution is 2.44. The van der Waals surface area contributed by atoms with Crippen LogP contribution in [-0.4, -0.2) is 28.5 Å². The number of rotatable bonds is 4. The Morgan fingerprint density at radius 3 is 1.76 bits per heavy atom. The summed E-state index contributed by atoms with van der Waals surface area (Å²) >= 11 is 1.81. The summed E-state index contributed by atoms with van der Waals surface area (Å²) in [5, 5.41) is 0. The van der Waals surface area contributed by atoms with Crippen LogP contribution in [0.2, 0.25) is 0 Å². The third kappa shape index (κ3) is 5.14. The van der Waals surface area contributed by atoms with Crippen LogP contribution in [0.4, 0.5) is 26.3 Å². The maximum Gasteiger partial charge on any atom is 0.423 e. The molecule has 126 valence electrons. The highest BCUT2D eigenvalue weighted by Gasteiger charge is 2.60. The summed E-state index contributed by atoms with van der Waals surface area (Å²) in [7, 11) is 0. The standard InChI is InChI=1S/C13H19F6IO/c1-8(2)9-3-5-11(7-20,6-4-9)21-10(12(14,15)16)13(17,18)19/h8-10H,3-7H2,1-2H3. The van der Waals surface area contributed by atoms with E-state index in [0.717, 1.165) is 0 Å². The molecule has 21 heavy (non-hydrogen) atoms. The summed E-state index contributed by atoms with van der Waals surface area (Å²) in [5.41, 5.74) is -1.33. The number of alkyl halides is 7. The molecule has 1 saturated carbocycles. The van der Waals surface area contributed by atoms with Crippen LogP contribution >= 0.6 is 22.6 Å². The Hall–Kier alpha value is 0.270. The minimum atomic E-state index is -5.44. The van der Waals surface area contributed by atoms with Gasteiger partial charge in [-0.2, -0.15) is 26.3 Å². The maximum atomic E-state index is 12.6. The summed E-state index contributed by atoms with van der Waals surface area (Å²) in [6, 6.07) is 0. The van der Waals surface area contributed by atoms with E-state index < -0.39 is 24.1 Å². The van der Waals surface area contributed by atoms with Crippen molar-refractivity contribution in [2.24, 2.45) is 11.8 Å². The van der Waals surface area contributed by atoms with Crippen molar-refractivity contribution in [3.05, 3.63) is 0 Å². The molecule has 1 fully saturated rings. The van der Waals surface area contributed by atoms with Gasteiger partial charge < -0.3 is 4.74 Å². The van der Waals surface area contributed by atoms with Crippen molar-refractivity contribution in [1.29, 1.82) is 0 Å². The van der Waals surface area contributed by atoms with E-state index in [1.807, 2.05) is 36.4 Å². The molecule has 1 aliphatic rings. The minimum Gasteiger partial charge on any atom is -0.353 e. The summed E-state index contributed by atoms with van der Waals surface area (Å²) in [5.74, 6) is 0.707. The Morgan fingerprint density at radius 2 is 1.48 bits per heavy atom. The predicted molar refractivity (Wildman–Crippen MR) is 75.4 cm³/mol. The van der Waals surface area contributed by atoms with E-state index in [1.165, 1.54) is 0 Å². The third-order valence-electron chi connectivity index (χ3n) is 4.09. The van der Waals surface area contributed by atoms with Crippen molar-refractivity contribution in [3.8, 4) is 0 Å². The van der Waals surface area contributed by atoms with E-state index in [0.29, 0.717) is 24.7 Å². The first-order valence-corrected chi connectivity index (χ1v) is 8.31. The Bertz CT molecular complexity index is 317. The van der Waals surface area contributed by atoms with E-state index in [2.05, 4.69) is 4.74 Å². The largest absolute Gasteiger partial charge is 0.423 e. The molecule has 8 heteroatoms. The van der Waals surface area contributed by atoms with E-state index in [9.17, 15) is 26.3 Å². The molecule has 0 aromatic rings. The van der Waals surface area contributed by atoms with E-state index >= 15 is 0 Å². The van der Waals surface area contributed by atoms with Crippen molar-refractivity contribution < 1.29 is 31.1 Å². The summed E-state index contributed by atoms with van der Waals surface area (Å²) < 4.78 is 80.6. The second-order valence-corrected chi connectivity index (χ2v) is 6.74. The van der Waals surface area contributed by atoms with Crippen LogP contribution in [0.25, 0.3) is 0 Å². The molecule has 1 nitrogen and oxygen atoms in total. The molecular formula is C13H19F6IO. The number of hydrogen-bond acceptors (Lipinski definition) is 1. The molecule has 0 saturated heterocycles. The molecule has 0 aromatic carbocycles. The molecule has 0 atom stereocenters. The Kier molecular flexibility index (Phi) is 6.26. The fraction of sp³-hybridized carbons (Fsp3) is 1.00. The SMILES string of the molecule is CC(C)C1CCC(CI)(OC(C(F)(F)F)C(F)(F)F)CC1.